The van der Waals surface area contributed by atoms with Gasteiger partial charge in [0.25, 0.3) is 0 Å². The molecule has 2 rings (SSSR count). The predicted molar refractivity (Wildman–Crippen MR) is 69.2 cm³/mol. The van der Waals surface area contributed by atoms with Crippen molar-refractivity contribution < 1.29 is 5.11 Å². The van der Waals surface area contributed by atoms with Gasteiger partial charge in [0, 0.05) is 23.6 Å². The van der Waals surface area contributed by atoms with Crippen LogP contribution in [0.25, 0.3) is 0 Å². The van der Waals surface area contributed by atoms with Crippen molar-refractivity contribution in [1.82, 2.24) is 5.32 Å². The second kappa shape index (κ2) is 5.05. The van der Waals surface area contributed by atoms with Gasteiger partial charge in [-0.15, -0.1) is 11.3 Å². The third-order valence-corrected chi connectivity index (χ3v) is 4.79. The highest BCUT2D eigenvalue weighted by atomic mass is 35.5. The summed E-state index contributed by atoms with van der Waals surface area (Å²) in [6.45, 7) is 4.43. The smallest absolute Gasteiger partial charge is 0.0934 e. The van der Waals surface area contributed by atoms with Gasteiger partial charge < -0.3 is 10.4 Å². The van der Waals surface area contributed by atoms with E-state index < -0.39 is 0 Å². The van der Waals surface area contributed by atoms with Gasteiger partial charge in [0.05, 0.1) is 4.34 Å². The summed E-state index contributed by atoms with van der Waals surface area (Å²) in [5, 5.41) is 12.7. The molecule has 0 fully saturated rings. The molecule has 4 heteroatoms. The molecular weight excluding hydrogens is 242 g/mol. The summed E-state index contributed by atoms with van der Waals surface area (Å²) in [6, 6.07) is 2.84. The molecule has 1 aromatic rings. The van der Waals surface area contributed by atoms with Gasteiger partial charge >= 0.3 is 0 Å². The molecule has 0 saturated carbocycles. The molecular formula is C12H18ClNOS. The zero-order chi connectivity index (χ0) is 11.7. The number of fused-ring (bicyclic) bond motifs is 1. The Morgan fingerprint density at radius 1 is 1.62 bits per heavy atom. The van der Waals surface area contributed by atoms with Gasteiger partial charge in [-0.1, -0.05) is 18.5 Å². The lowest BCUT2D eigenvalue weighted by atomic mass is 10.0. The first kappa shape index (κ1) is 12.4. The molecule has 1 heterocycles. The van der Waals surface area contributed by atoms with Crippen molar-refractivity contribution in [3.8, 4) is 0 Å². The Bertz CT molecular complexity index is 366. The number of nitrogens with one attached hydrogen (secondary N) is 1. The van der Waals surface area contributed by atoms with E-state index in [0.717, 1.165) is 17.2 Å². The number of aliphatic hydroxyl groups excluding tert-OH is 1. The summed E-state index contributed by atoms with van der Waals surface area (Å²) in [7, 11) is 0. The van der Waals surface area contributed by atoms with E-state index in [0.29, 0.717) is 12.1 Å². The van der Waals surface area contributed by atoms with Gasteiger partial charge in [-0.25, -0.2) is 0 Å². The molecule has 3 atom stereocenters. The number of hydrogen-bond acceptors (Lipinski definition) is 3. The van der Waals surface area contributed by atoms with E-state index >= 15 is 0 Å². The fourth-order valence-corrected chi connectivity index (χ4v) is 3.50. The third-order valence-electron chi connectivity index (χ3n) is 3.45. The molecule has 0 bridgehead atoms. The van der Waals surface area contributed by atoms with Crippen molar-refractivity contribution in [2.24, 2.45) is 5.92 Å². The first-order chi connectivity index (χ1) is 7.61. The van der Waals surface area contributed by atoms with Crippen LogP contribution in [-0.2, 0) is 6.42 Å². The Labute approximate surface area is 106 Å². The maximum absolute atomic E-state index is 9.12. The van der Waals surface area contributed by atoms with Crippen molar-refractivity contribution in [2.45, 2.75) is 38.8 Å². The number of hydrogen-bond donors (Lipinski definition) is 2. The molecule has 2 nitrogen and oxygen atoms in total. The zero-order valence-electron chi connectivity index (χ0n) is 9.66. The van der Waals surface area contributed by atoms with Gasteiger partial charge in [0.15, 0.2) is 0 Å². The van der Waals surface area contributed by atoms with Gasteiger partial charge in [-0.2, -0.15) is 0 Å². The number of aryl methyl sites for hydroxylation is 1. The number of halogens is 1. The lowest BCUT2D eigenvalue weighted by molar-refractivity contribution is 0.200. The van der Waals surface area contributed by atoms with Crippen LogP contribution in [0, 0.1) is 5.92 Å². The van der Waals surface area contributed by atoms with Crippen LogP contribution in [0.15, 0.2) is 6.07 Å². The molecule has 1 aromatic heterocycles. The van der Waals surface area contributed by atoms with Crippen LogP contribution >= 0.6 is 22.9 Å². The Balaban J connectivity index is 2.02. The van der Waals surface area contributed by atoms with Gasteiger partial charge in [0.1, 0.15) is 0 Å². The minimum Gasteiger partial charge on any atom is -0.396 e. The van der Waals surface area contributed by atoms with Crippen LogP contribution in [0.5, 0.6) is 0 Å². The summed E-state index contributed by atoms with van der Waals surface area (Å²) < 4.78 is 0.888. The molecule has 0 saturated heterocycles. The average Bonchev–Trinajstić information content (AvgIpc) is 2.78. The average molecular weight is 260 g/mol. The van der Waals surface area contributed by atoms with Crippen molar-refractivity contribution in [1.29, 1.82) is 0 Å². The summed E-state index contributed by atoms with van der Waals surface area (Å²) in [6.07, 6.45) is 2.28. The first-order valence-electron chi connectivity index (χ1n) is 5.76. The second-order valence-corrected chi connectivity index (χ2v) is 6.40. The van der Waals surface area contributed by atoms with E-state index in [2.05, 4.69) is 25.2 Å². The van der Waals surface area contributed by atoms with E-state index in [1.54, 1.807) is 11.3 Å². The Kier molecular flexibility index (Phi) is 3.90. The van der Waals surface area contributed by atoms with Gasteiger partial charge in [0.2, 0.25) is 0 Å². The molecule has 0 amide bonds. The maximum Gasteiger partial charge on any atom is 0.0934 e. The molecule has 1 aliphatic rings. The molecule has 1 aliphatic carbocycles. The van der Waals surface area contributed by atoms with Crippen molar-refractivity contribution in [3.05, 3.63) is 20.8 Å². The Morgan fingerprint density at radius 2 is 2.38 bits per heavy atom. The summed E-state index contributed by atoms with van der Waals surface area (Å²) >= 11 is 7.72. The summed E-state index contributed by atoms with van der Waals surface area (Å²) in [5.74, 6) is 0.290. The van der Waals surface area contributed by atoms with Crippen LogP contribution in [0.1, 0.15) is 36.8 Å². The van der Waals surface area contributed by atoms with Crippen LogP contribution in [0.2, 0.25) is 4.34 Å². The minimum atomic E-state index is 0.234. The maximum atomic E-state index is 9.12. The fraction of sp³-hybridized carbons (Fsp3) is 0.667. The highest BCUT2D eigenvalue weighted by Gasteiger charge is 2.26. The van der Waals surface area contributed by atoms with E-state index in [9.17, 15) is 0 Å². The summed E-state index contributed by atoms with van der Waals surface area (Å²) in [4.78, 5) is 1.42. The molecule has 0 radical (unpaired) electrons. The van der Waals surface area contributed by atoms with E-state index in [1.165, 1.54) is 10.4 Å². The molecule has 0 aliphatic heterocycles. The molecule has 0 spiro atoms. The zero-order valence-corrected chi connectivity index (χ0v) is 11.2. The van der Waals surface area contributed by atoms with Crippen LogP contribution in [0.3, 0.4) is 0 Å². The number of rotatable bonds is 4. The molecule has 2 N–H and O–H groups in total. The Hall–Kier alpha value is -0.0900. The van der Waals surface area contributed by atoms with Crippen molar-refractivity contribution in [3.63, 3.8) is 0 Å². The normalized spacial score (nSPS) is 23.1. The predicted octanol–water partition coefficient (Wildman–Crippen LogP) is 3.00. The lowest BCUT2D eigenvalue weighted by Gasteiger charge is -2.23. The monoisotopic (exact) mass is 259 g/mol. The van der Waals surface area contributed by atoms with Crippen LogP contribution in [-0.4, -0.2) is 17.8 Å². The quantitative estimate of drug-likeness (QED) is 0.871. The minimum absolute atomic E-state index is 0.234. The molecule has 90 valence electrons. The van der Waals surface area contributed by atoms with Crippen LogP contribution in [0.4, 0.5) is 0 Å². The van der Waals surface area contributed by atoms with E-state index in [-0.39, 0.29) is 12.5 Å². The molecule has 0 aromatic carbocycles. The highest BCUT2D eigenvalue weighted by molar-refractivity contribution is 7.16. The second-order valence-electron chi connectivity index (χ2n) is 4.64. The van der Waals surface area contributed by atoms with Crippen molar-refractivity contribution in [2.75, 3.05) is 6.61 Å². The topological polar surface area (TPSA) is 32.3 Å². The molecule has 16 heavy (non-hydrogen) atoms. The highest BCUT2D eigenvalue weighted by Crippen LogP contribution is 2.39. The Morgan fingerprint density at radius 3 is 3.06 bits per heavy atom. The number of aliphatic hydroxyl groups is 1. The number of thiophene rings is 1. The standard InChI is InChI=1S/C12H18ClNOS/c1-7(6-15)8(2)14-10-3-4-11-9(10)5-12(13)16-11/h5,7-8,10,14-15H,3-4,6H2,1-2H3. The van der Waals surface area contributed by atoms with Crippen LogP contribution < -0.4 is 5.32 Å². The van der Waals surface area contributed by atoms with Gasteiger partial charge in [-0.3, -0.25) is 0 Å². The third kappa shape index (κ3) is 2.43. The fourth-order valence-electron chi connectivity index (χ4n) is 2.14. The van der Waals surface area contributed by atoms with E-state index in [1.807, 2.05) is 0 Å². The largest absolute Gasteiger partial charge is 0.396 e. The molecule has 3 unspecified atom stereocenters. The SMILES string of the molecule is CC(CO)C(C)NC1CCc2sc(Cl)cc21. The first-order valence-corrected chi connectivity index (χ1v) is 6.96. The van der Waals surface area contributed by atoms with Gasteiger partial charge in [-0.05, 0) is 37.3 Å². The lowest BCUT2D eigenvalue weighted by Crippen LogP contribution is -2.35. The van der Waals surface area contributed by atoms with Crippen molar-refractivity contribution >= 4 is 22.9 Å². The van der Waals surface area contributed by atoms with E-state index in [4.69, 9.17) is 16.7 Å². The summed E-state index contributed by atoms with van der Waals surface area (Å²) in [5.41, 5.74) is 1.37.